The first-order valence-corrected chi connectivity index (χ1v) is 16.1. The van der Waals surface area contributed by atoms with Gasteiger partial charge < -0.3 is 8.85 Å². The van der Waals surface area contributed by atoms with Crippen molar-refractivity contribution in [3.05, 3.63) is 60.7 Å². The Balaban J connectivity index is 1.64. The van der Waals surface area contributed by atoms with Crippen LogP contribution in [0.2, 0.25) is 0 Å². The van der Waals surface area contributed by atoms with E-state index in [2.05, 4.69) is 72.5 Å². The molecule has 0 N–H and O–H groups in total. The Labute approximate surface area is 216 Å². The van der Waals surface area contributed by atoms with Crippen LogP contribution in [0.15, 0.2) is 60.7 Å². The summed E-state index contributed by atoms with van der Waals surface area (Å²) in [5.74, 6) is 6.78. The fourth-order valence-electron chi connectivity index (χ4n) is 4.86. The van der Waals surface area contributed by atoms with Crippen molar-refractivity contribution in [3.63, 3.8) is 0 Å². The molecular formula is C32H46O2Si. The lowest BCUT2D eigenvalue weighted by molar-refractivity contribution is 0.184. The van der Waals surface area contributed by atoms with Gasteiger partial charge in [0.2, 0.25) is 0 Å². The monoisotopic (exact) mass is 490 g/mol. The Morgan fingerprint density at radius 1 is 0.429 bits per heavy atom. The molecule has 1 heterocycles. The van der Waals surface area contributed by atoms with Crippen LogP contribution in [0.4, 0.5) is 0 Å². The molecule has 1 aliphatic rings. The van der Waals surface area contributed by atoms with E-state index < -0.39 is 8.56 Å². The summed E-state index contributed by atoms with van der Waals surface area (Å²) in [4.78, 5) is 0. The SMILES string of the molecule is C1#CCCCCCCCCCO[Si](c2ccccc2)(c2ccccc2)OCCCCCCCCC1. The van der Waals surface area contributed by atoms with Crippen molar-refractivity contribution in [2.75, 3.05) is 13.2 Å². The molecule has 0 aliphatic carbocycles. The van der Waals surface area contributed by atoms with E-state index in [1.165, 1.54) is 87.4 Å². The molecule has 35 heavy (non-hydrogen) atoms. The van der Waals surface area contributed by atoms with Gasteiger partial charge in [-0.1, -0.05) is 125 Å². The Kier molecular flexibility index (Phi) is 13.9. The van der Waals surface area contributed by atoms with Gasteiger partial charge >= 0.3 is 8.56 Å². The van der Waals surface area contributed by atoms with Gasteiger partial charge in [0.1, 0.15) is 0 Å². The van der Waals surface area contributed by atoms with Crippen molar-refractivity contribution in [2.24, 2.45) is 0 Å². The number of benzene rings is 2. The van der Waals surface area contributed by atoms with Gasteiger partial charge in [0.15, 0.2) is 0 Å². The normalized spacial score (nSPS) is 20.2. The van der Waals surface area contributed by atoms with Crippen molar-refractivity contribution >= 4 is 18.9 Å². The second-order valence-electron chi connectivity index (χ2n) is 9.85. The molecular weight excluding hydrogens is 444 g/mol. The van der Waals surface area contributed by atoms with Crippen LogP contribution in [-0.2, 0) is 8.85 Å². The molecule has 3 rings (SSSR count). The molecule has 3 heteroatoms. The third-order valence-electron chi connectivity index (χ3n) is 6.94. The molecule has 2 nitrogen and oxygen atoms in total. The first-order valence-electron chi connectivity index (χ1n) is 14.3. The summed E-state index contributed by atoms with van der Waals surface area (Å²) in [5.41, 5.74) is 0. The molecule has 0 fully saturated rings. The van der Waals surface area contributed by atoms with Crippen LogP contribution in [0.3, 0.4) is 0 Å². The minimum absolute atomic E-state index is 0.769. The van der Waals surface area contributed by atoms with Gasteiger partial charge in [-0.05, 0) is 36.1 Å². The molecule has 0 atom stereocenters. The summed E-state index contributed by atoms with van der Waals surface area (Å²) in [6.07, 6.45) is 19.9. The van der Waals surface area contributed by atoms with Crippen molar-refractivity contribution < 1.29 is 8.85 Å². The fourth-order valence-corrected chi connectivity index (χ4v) is 8.07. The summed E-state index contributed by atoms with van der Waals surface area (Å²) in [6, 6.07) is 21.5. The summed E-state index contributed by atoms with van der Waals surface area (Å²) < 4.78 is 13.7. The van der Waals surface area contributed by atoms with Crippen LogP contribution in [0.5, 0.6) is 0 Å². The van der Waals surface area contributed by atoms with E-state index in [4.69, 9.17) is 8.85 Å². The van der Waals surface area contributed by atoms with E-state index in [1.807, 2.05) is 0 Å². The zero-order valence-corrected chi connectivity index (χ0v) is 22.8. The zero-order chi connectivity index (χ0) is 24.3. The van der Waals surface area contributed by atoms with Gasteiger partial charge in [-0.25, -0.2) is 0 Å². The molecule has 0 amide bonds. The standard InChI is InChI=1S/C32H46O2Si/c1-2-4-6-8-10-12-14-16-24-30-34-35(31-25-19-17-20-26-31,32-27-21-18-22-28-32)33-29-23-15-13-11-9-7-5-3-1/h17-22,25-28H,3-16,23-24,29-30H2. The average Bonchev–Trinajstić information content (AvgIpc) is 2.91. The minimum atomic E-state index is -2.73. The molecule has 0 saturated carbocycles. The Morgan fingerprint density at radius 2 is 0.771 bits per heavy atom. The van der Waals surface area contributed by atoms with Gasteiger partial charge in [-0.15, -0.1) is 11.8 Å². The molecule has 2 aromatic carbocycles. The first kappa shape index (κ1) is 27.7. The Bertz CT molecular complexity index is 771. The summed E-state index contributed by atoms with van der Waals surface area (Å²) in [6.45, 7) is 1.54. The highest BCUT2D eigenvalue weighted by molar-refractivity contribution is 6.92. The molecule has 2 aromatic rings. The lowest BCUT2D eigenvalue weighted by Gasteiger charge is -2.31. The van der Waals surface area contributed by atoms with Crippen LogP contribution in [0.1, 0.15) is 103 Å². The molecule has 0 aromatic heterocycles. The topological polar surface area (TPSA) is 18.5 Å². The molecule has 190 valence electrons. The van der Waals surface area contributed by atoms with E-state index in [-0.39, 0.29) is 0 Å². The highest BCUT2D eigenvalue weighted by Gasteiger charge is 2.42. The fraction of sp³-hybridized carbons (Fsp3) is 0.562. The van der Waals surface area contributed by atoms with Crippen LogP contribution in [0, 0.1) is 11.8 Å². The molecule has 0 saturated heterocycles. The van der Waals surface area contributed by atoms with Crippen molar-refractivity contribution in [1.82, 2.24) is 0 Å². The lowest BCUT2D eigenvalue weighted by atomic mass is 10.1. The van der Waals surface area contributed by atoms with Crippen molar-refractivity contribution in [1.29, 1.82) is 0 Å². The zero-order valence-electron chi connectivity index (χ0n) is 21.8. The minimum Gasteiger partial charge on any atom is -0.388 e. The van der Waals surface area contributed by atoms with Crippen LogP contribution in [0.25, 0.3) is 0 Å². The summed E-state index contributed by atoms with van der Waals surface area (Å²) in [7, 11) is -2.73. The second kappa shape index (κ2) is 17.5. The average molecular weight is 491 g/mol. The highest BCUT2D eigenvalue weighted by Crippen LogP contribution is 2.15. The number of hydrogen-bond acceptors (Lipinski definition) is 2. The third-order valence-corrected chi connectivity index (χ3v) is 10.3. The van der Waals surface area contributed by atoms with Crippen molar-refractivity contribution in [3.8, 4) is 11.8 Å². The predicted octanol–water partition coefficient (Wildman–Crippen LogP) is 7.53. The van der Waals surface area contributed by atoms with Gasteiger partial charge in [-0.3, -0.25) is 0 Å². The highest BCUT2D eigenvalue weighted by atomic mass is 28.4. The van der Waals surface area contributed by atoms with Crippen molar-refractivity contribution in [2.45, 2.75) is 103 Å². The quantitative estimate of drug-likeness (QED) is 0.320. The largest absolute Gasteiger partial charge is 0.407 e. The summed E-state index contributed by atoms with van der Waals surface area (Å²) in [5, 5.41) is 2.44. The number of rotatable bonds is 2. The first-order chi connectivity index (χ1) is 17.4. The van der Waals surface area contributed by atoms with Gasteiger partial charge in [0.25, 0.3) is 0 Å². The molecule has 0 unspecified atom stereocenters. The molecule has 0 spiro atoms. The smallest absolute Gasteiger partial charge is 0.388 e. The number of hydrogen-bond donors (Lipinski definition) is 0. The third kappa shape index (κ3) is 10.3. The Morgan fingerprint density at radius 3 is 1.17 bits per heavy atom. The Hall–Kier alpha value is -1.86. The van der Waals surface area contributed by atoms with Crippen LogP contribution >= 0.6 is 0 Å². The predicted molar refractivity (Wildman–Crippen MR) is 151 cm³/mol. The van der Waals surface area contributed by atoms with E-state index in [9.17, 15) is 0 Å². The van der Waals surface area contributed by atoms with Crippen LogP contribution < -0.4 is 10.4 Å². The van der Waals surface area contributed by atoms with Crippen LogP contribution in [-0.4, -0.2) is 21.8 Å². The maximum absolute atomic E-state index is 6.83. The second-order valence-corrected chi connectivity index (χ2v) is 12.8. The van der Waals surface area contributed by atoms with E-state index >= 15 is 0 Å². The molecule has 1 aliphatic heterocycles. The van der Waals surface area contributed by atoms with Gasteiger partial charge in [0, 0.05) is 26.1 Å². The lowest BCUT2D eigenvalue weighted by Crippen LogP contribution is -2.63. The molecule has 0 bridgehead atoms. The van der Waals surface area contributed by atoms with Gasteiger partial charge in [0.05, 0.1) is 0 Å². The van der Waals surface area contributed by atoms with Gasteiger partial charge in [-0.2, -0.15) is 0 Å². The van der Waals surface area contributed by atoms with E-state index in [1.54, 1.807) is 0 Å². The maximum Gasteiger partial charge on any atom is 0.407 e. The summed E-state index contributed by atoms with van der Waals surface area (Å²) >= 11 is 0. The van der Waals surface area contributed by atoms with E-state index in [0.717, 1.165) is 38.9 Å². The molecule has 0 radical (unpaired) electrons. The maximum atomic E-state index is 6.83. The van der Waals surface area contributed by atoms with E-state index in [0.29, 0.717) is 0 Å².